The fourth-order valence-electron chi connectivity index (χ4n) is 3.98. The molecule has 4 rings (SSSR count). The first-order valence-electron chi connectivity index (χ1n) is 9.84. The van der Waals surface area contributed by atoms with Gasteiger partial charge in [-0.3, -0.25) is 9.48 Å². The molecule has 29 heavy (non-hydrogen) atoms. The smallest absolute Gasteiger partial charge is 0.256 e. The van der Waals surface area contributed by atoms with Crippen molar-refractivity contribution in [2.45, 2.75) is 12.8 Å². The van der Waals surface area contributed by atoms with E-state index in [0.717, 1.165) is 49.2 Å². The third-order valence-electron chi connectivity index (χ3n) is 5.59. The summed E-state index contributed by atoms with van der Waals surface area (Å²) < 4.78 is 1.64. The number of anilines is 1. The molecule has 1 amide bonds. The van der Waals surface area contributed by atoms with Crippen LogP contribution >= 0.6 is 0 Å². The van der Waals surface area contributed by atoms with Crippen molar-refractivity contribution in [3.63, 3.8) is 0 Å². The molecule has 7 nitrogen and oxygen atoms in total. The lowest BCUT2D eigenvalue weighted by molar-refractivity contribution is 0.0765. The van der Waals surface area contributed by atoms with E-state index in [1.54, 1.807) is 22.0 Å². The average Bonchev–Trinajstić information content (AvgIpc) is 3.19. The number of para-hydroxylation sites is 1. The van der Waals surface area contributed by atoms with E-state index in [9.17, 15) is 10.1 Å². The Labute approximate surface area is 170 Å². The number of hydrogen-bond acceptors (Lipinski definition) is 5. The Balaban J connectivity index is 1.40. The standard InChI is InChI=1S/C22H24N6O/c1-26(22(29)18-13-24-27(2)15-18)14-16-7-9-28(10-8-16)21-11-17(12-23)19-5-3-4-6-20(19)25-21/h3-6,11,13,15-16H,7-10,14H2,1-2H3. The zero-order valence-electron chi connectivity index (χ0n) is 16.7. The SMILES string of the molecule is CN(CC1CCN(c2cc(C#N)c3ccccc3n2)CC1)C(=O)c1cnn(C)c1. The van der Waals surface area contributed by atoms with Gasteiger partial charge in [0.2, 0.25) is 0 Å². The number of aryl methyl sites for hydroxylation is 1. The highest BCUT2D eigenvalue weighted by Crippen LogP contribution is 2.27. The number of nitrogens with zero attached hydrogens (tertiary/aromatic N) is 6. The Morgan fingerprint density at radius 2 is 2.07 bits per heavy atom. The maximum atomic E-state index is 12.5. The van der Waals surface area contributed by atoms with E-state index < -0.39 is 0 Å². The first-order valence-corrected chi connectivity index (χ1v) is 9.84. The summed E-state index contributed by atoms with van der Waals surface area (Å²) in [5.74, 6) is 1.32. The van der Waals surface area contributed by atoms with Gasteiger partial charge in [0.25, 0.3) is 5.91 Å². The number of carbonyl (C=O) groups excluding carboxylic acids is 1. The van der Waals surface area contributed by atoms with Gasteiger partial charge in [0.15, 0.2) is 0 Å². The maximum absolute atomic E-state index is 12.5. The lowest BCUT2D eigenvalue weighted by Gasteiger charge is -2.34. The molecule has 0 spiro atoms. The number of piperidine rings is 1. The predicted molar refractivity (Wildman–Crippen MR) is 112 cm³/mol. The normalized spacial score (nSPS) is 14.7. The number of aromatic nitrogens is 3. The molecule has 0 aliphatic carbocycles. The molecule has 1 aliphatic rings. The van der Waals surface area contributed by atoms with Gasteiger partial charge in [0, 0.05) is 45.3 Å². The number of benzene rings is 1. The van der Waals surface area contributed by atoms with Crippen LogP contribution < -0.4 is 4.90 Å². The van der Waals surface area contributed by atoms with Gasteiger partial charge in [0.05, 0.1) is 28.9 Å². The number of nitriles is 1. The second-order valence-electron chi connectivity index (χ2n) is 7.68. The Morgan fingerprint density at radius 3 is 2.76 bits per heavy atom. The molecule has 148 valence electrons. The molecule has 1 saturated heterocycles. The highest BCUT2D eigenvalue weighted by Gasteiger charge is 2.24. The third kappa shape index (κ3) is 3.92. The lowest BCUT2D eigenvalue weighted by atomic mass is 9.96. The molecule has 3 aromatic rings. The lowest BCUT2D eigenvalue weighted by Crippen LogP contribution is -2.39. The Kier molecular flexibility index (Phi) is 5.17. The van der Waals surface area contributed by atoms with E-state index in [4.69, 9.17) is 4.98 Å². The summed E-state index contributed by atoms with van der Waals surface area (Å²) in [4.78, 5) is 21.3. The fourth-order valence-corrected chi connectivity index (χ4v) is 3.98. The molecular formula is C22H24N6O. The van der Waals surface area contributed by atoms with Gasteiger partial charge >= 0.3 is 0 Å². The number of hydrogen-bond donors (Lipinski definition) is 0. The van der Waals surface area contributed by atoms with E-state index in [-0.39, 0.29) is 5.91 Å². The minimum atomic E-state index is 0.00962. The van der Waals surface area contributed by atoms with Crippen LogP contribution in [-0.4, -0.2) is 52.3 Å². The first-order chi connectivity index (χ1) is 14.0. The van der Waals surface area contributed by atoms with Gasteiger partial charge in [0.1, 0.15) is 5.82 Å². The molecule has 0 bridgehead atoms. The number of carbonyl (C=O) groups is 1. The van der Waals surface area contributed by atoms with Crippen molar-refractivity contribution in [3.05, 3.63) is 53.9 Å². The van der Waals surface area contributed by atoms with Crippen molar-refractivity contribution in [1.82, 2.24) is 19.7 Å². The van der Waals surface area contributed by atoms with Crippen LogP contribution in [0.2, 0.25) is 0 Å². The zero-order chi connectivity index (χ0) is 20.4. The quantitative estimate of drug-likeness (QED) is 0.687. The average molecular weight is 388 g/mol. The van der Waals surface area contributed by atoms with Crippen LogP contribution in [0, 0.1) is 17.2 Å². The largest absolute Gasteiger partial charge is 0.357 e. The first kappa shape index (κ1) is 18.9. The van der Waals surface area contributed by atoms with Gasteiger partial charge in [-0.2, -0.15) is 10.4 Å². The summed E-state index contributed by atoms with van der Waals surface area (Å²) in [6.07, 6.45) is 5.33. The minimum Gasteiger partial charge on any atom is -0.357 e. The van der Waals surface area contributed by atoms with E-state index in [1.807, 2.05) is 44.4 Å². The van der Waals surface area contributed by atoms with E-state index in [2.05, 4.69) is 16.1 Å². The molecular weight excluding hydrogens is 364 g/mol. The van der Waals surface area contributed by atoms with Crippen LogP contribution in [0.25, 0.3) is 10.9 Å². The van der Waals surface area contributed by atoms with Crippen LogP contribution in [0.15, 0.2) is 42.7 Å². The summed E-state index contributed by atoms with van der Waals surface area (Å²) in [6.45, 7) is 2.47. The van der Waals surface area contributed by atoms with E-state index in [1.165, 1.54) is 0 Å². The summed E-state index contributed by atoms with van der Waals surface area (Å²) in [5, 5.41) is 14.5. The maximum Gasteiger partial charge on any atom is 0.256 e. The molecule has 7 heteroatoms. The molecule has 2 aromatic heterocycles. The molecule has 0 saturated carbocycles. The number of amides is 1. The molecule has 3 heterocycles. The van der Waals surface area contributed by atoms with Crippen molar-refractivity contribution >= 4 is 22.6 Å². The third-order valence-corrected chi connectivity index (χ3v) is 5.59. The molecule has 1 aliphatic heterocycles. The fraction of sp³-hybridized carbons (Fsp3) is 0.364. The van der Waals surface area contributed by atoms with E-state index >= 15 is 0 Å². The molecule has 0 radical (unpaired) electrons. The summed E-state index contributed by atoms with van der Waals surface area (Å²) in [6, 6.07) is 11.9. The van der Waals surface area contributed by atoms with Crippen LogP contribution in [0.5, 0.6) is 0 Å². The molecule has 0 unspecified atom stereocenters. The highest BCUT2D eigenvalue weighted by molar-refractivity contribution is 5.93. The predicted octanol–water partition coefficient (Wildman–Crippen LogP) is 2.83. The molecule has 0 atom stereocenters. The van der Waals surface area contributed by atoms with Gasteiger partial charge in [-0.05, 0) is 30.9 Å². The monoisotopic (exact) mass is 388 g/mol. The van der Waals surface area contributed by atoms with Crippen LogP contribution in [0.4, 0.5) is 5.82 Å². The van der Waals surface area contributed by atoms with Gasteiger partial charge < -0.3 is 9.80 Å². The van der Waals surface area contributed by atoms with Crippen molar-refractivity contribution in [3.8, 4) is 6.07 Å². The second kappa shape index (κ2) is 7.92. The minimum absolute atomic E-state index is 0.00962. The summed E-state index contributed by atoms with van der Waals surface area (Å²) >= 11 is 0. The number of rotatable bonds is 4. The zero-order valence-corrected chi connectivity index (χ0v) is 16.7. The molecule has 1 aromatic carbocycles. The van der Waals surface area contributed by atoms with Crippen molar-refractivity contribution < 1.29 is 4.79 Å². The Hall–Kier alpha value is -3.40. The van der Waals surface area contributed by atoms with Crippen LogP contribution in [0.3, 0.4) is 0 Å². The van der Waals surface area contributed by atoms with Crippen LogP contribution in [-0.2, 0) is 7.05 Å². The number of fused-ring (bicyclic) bond motifs is 1. The second-order valence-corrected chi connectivity index (χ2v) is 7.68. The highest BCUT2D eigenvalue weighted by atomic mass is 16.2. The Morgan fingerprint density at radius 1 is 1.31 bits per heavy atom. The summed E-state index contributed by atoms with van der Waals surface area (Å²) in [7, 11) is 3.66. The van der Waals surface area contributed by atoms with Crippen molar-refractivity contribution in [2.75, 3.05) is 31.6 Å². The van der Waals surface area contributed by atoms with Crippen LogP contribution in [0.1, 0.15) is 28.8 Å². The summed E-state index contributed by atoms with van der Waals surface area (Å²) in [5.41, 5.74) is 2.14. The van der Waals surface area contributed by atoms with Gasteiger partial charge in [-0.25, -0.2) is 4.98 Å². The topological polar surface area (TPSA) is 78.1 Å². The number of pyridine rings is 1. The van der Waals surface area contributed by atoms with Crippen molar-refractivity contribution in [1.29, 1.82) is 5.26 Å². The van der Waals surface area contributed by atoms with Crippen molar-refractivity contribution in [2.24, 2.45) is 13.0 Å². The van der Waals surface area contributed by atoms with E-state index in [0.29, 0.717) is 17.0 Å². The van der Waals surface area contributed by atoms with Gasteiger partial charge in [-0.15, -0.1) is 0 Å². The Bertz CT molecular complexity index is 1070. The molecule has 1 fully saturated rings. The van der Waals surface area contributed by atoms with Gasteiger partial charge in [-0.1, -0.05) is 18.2 Å². The molecule has 0 N–H and O–H groups in total.